The summed E-state index contributed by atoms with van der Waals surface area (Å²) in [5, 5.41) is 20.1. The zero-order chi connectivity index (χ0) is 12.4. The molecule has 2 heterocycles. The molecule has 1 unspecified atom stereocenters. The van der Waals surface area contributed by atoms with E-state index in [4.69, 9.17) is 0 Å². The van der Waals surface area contributed by atoms with Gasteiger partial charge in [0.25, 0.3) is 5.69 Å². The number of pyridine rings is 1. The molecule has 0 aliphatic carbocycles. The highest BCUT2D eigenvalue weighted by atomic mass is 16.6. The molecule has 1 atom stereocenters. The molecule has 0 amide bonds. The van der Waals surface area contributed by atoms with Crippen molar-refractivity contribution in [3.8, 4) is 0 Å². The largest absolute Gasteiger partial charge is 0.394 e. The average Bonchev–Trinajstić information content (AvgIpc) is 2.77. The molecule has 1 aliphatic rings. The van der Waals surface area contributed by atoms with Gasteiger partial charge in [-0.3, -0.25) is 10.1 Å². The molecule has 1 fully saturated rings. The van der Waals surface area contributed by atoms with Gasteiger partial charge in [0, 0.05) is 18.3 Å². The number of nitrogens with zero attached hydrogens (tertiary/aromatic N) is 3. The standard InChI is InChI=1S/C11H15N3O3/c1-8-6-12-11(5-10(8)14(16)17)13-4-2-3-9(13)7-15/h5-6,9,15H,2-4,7H2,1H3. The number of nitro groups is 1. The molecule has 92 valence electrons. The lowest BCUT2D eigenvalue weighted by molar-refractivity contribution is -0.385. The first-order valence-corrected chi connectivity index (χ1v) is 5.62. The SMILES string of the molecule is Cc1cnc(N2CCCC2CO)cc1[N+](=O)[O-]. The Labute approximate surface area is 99.0 Å². The summed E-state index contributed by atoms with van der Waals surface area (Å²) in [6.45, 7) is 2.52. The van der Waals surface area contributed by atoms with Gasteiger partial charge in [-0.15, -0.1) is 0 Å². The molecule has 0 bridgehead atoms. The molecule has 2 rings (SSSR count). The van der Waals surface area contributed by atoms with Crippen LogP contribution in [0, 0.1) is 17.0 Å². The molecule has 1 N–H and O–H groups in total. The molecule has 0 spiro atoms. The fraction of sp³-hybridized carbons (Fsp3) is 0.545. The molecule has 0 saturated carbocycles. The van der Waals surface area contributed by atoms with Crippen molar-refractivity contribution < 1.29 is 10.0 Å². The minimum Gasteiger partial charge on any atom is -0.394 e. The Bertz CT molecular complexity index is 436. The summed E-state index contributed by atoms with van der Waals surface area (Å²) in [7, 11) is 0. The number of aromatic nitrogens is 1. The molecule has 1 aromatic rings. The lowest BCUT2D eigenvalue weighted by Crippen LogP contribution is -2.32. The van der Waals surface area contributed by atoms with Crippen molar-refractivity contribution in [1.82, 2.24) is 4.98 Å². The van der Waals surface area contributed by atoms with E-state index in [1.807, 2.05) is 4.90 Å². The minimum atomic E-state index is -0.398. The summed E-state index contributed by atoms with van der Waals surface area (Å²) in [5.41, 5.74) is 0.636. The highest BCUT2D eigenvalue weighted by Crippen LogP contribution is 2.27. The monoisotopic (exact) mass is 237 g/mol. The first-order valence-electron chi connectivity index (χ1n) is 5.62. The van der Waals surface area contributed by atoms with Gasteiger partial charge in [-0.05, 0) is 19.8 Å². The lowest BCUT2D eigenvalue weighted by Gasteiger charge is -2.23. The Morgan fingerprint density at radius 3 is 3.12 bits per heavy atom. The van der Waals surface area contributed by atoms with Crippen LogP contribution in [-0.4, -0.2) is 34.2 Å². The van der Waals surface area contributed by atoms with E-state index in [-0.39, 0.29) is 18.3 Å². The zero-order valence-corrected chi connectivity index (χ0v) is 9.67. The summed E-state index contributed by atoms with van der Waals surface area (Å²) in [4.78, 5) is 16.6. The van der Waals surface area contributed by atoms with Gasteiger partial charge < -0.3 is 10.0 Å². The maximum Gasteiger partial charge on any atom is 0.277 e. The zero-order valence-electron chi connectivity index (χ0n) is 9.67. The van der Waals surface area contributed by atoms with E-state index in [2.05, 4.69) is 4.98 Å². The Kier molecular flexibility index (Phi) is 3.23. The Morgan fingerprint density at radius 1 is 1.71 bits per heavy atom. The van der Waals surface area contributed by atoms with Crippen molar-refractivity contribution >= 4 is 11.5 Å². The highest BCUT2D eigenvalue weighted by Gasteiger charge is 2.26. The maximum absolute atomic E-state index is 10.8. The third-order valence-electron chi connectivity index (χ3n) is 3.14. The number of anilines is 1. The molecule has 0 aromatic carbocycles. The van der Waals surface area contributed by atoms with Gasteiger partial charge in [0.2, 0.25) is 0 Å². The van der Waals surface area contributed by atoms with Gasteiger partial charge in [0.05, 0.1) is 23.6 Å². The number of hydrogen-bond donors (Lipinski definition) is 1. The van der Waals surface area contributed by atoms with Gasteiger partial charge in [0.1, 0.15) is 5.82 Å². The number of aryl methyl sites for hydroxylation is 1. The van der Waals surface area contributed by atoms with Gasteiger partial charge in [-0.2, -0.15) is 0 Å². The van der Waals surface area contributed by atoms with Crippen LogP contribution in [0.3, 0.4) is 0 Å². The van der Waals surface area contributed by atoms with Crippen LogP contribution >= 0.6 is 0 Å². The van der Waals surface area contributed by atoms with Crippen molar-refractivity contribution in [2.24, 2.45) is 0 Å². The first-order chi connectivity index (χ1) is 8.13. The van der Waals surface area contributed by atoms with Crippen molar-refractivity contribution in [2.75, 3.05) is 18.1 Å². The van der Waals surface area contributed by atoms with Crippen LogP contribution in [0.1, 0.15) is 18.4 Å². The van der Waals surface area contributed by atoms with Crippen LogP contribution in [0.4, 0.5) is 11.5 Å². The van der Waals surface area contributed by atoms with Crippen molar-refractivity contribution in [3.63, 3.8) is 0 Å². The molecule has 6 heteroatoms. The molecule has 1 saturated heterocycles. The van der Waals surface area contributed by atoms with Crippen molar-refractivity contribution in [2.45, 2.75) is 25.8 Å². The van der Waals surface area contributed by atoms with E-state index in [0.717, 1.165) is 19.4 Å². The minimum absolute atomic E-state index is 0.0322. The van der Waals surface area contributed by atoms with E-state index in [1.165, 1.54) is 12.3 Å². The molecule has 1 aliphatic heterocycles. The second-order valence-corrected chi connectivity index (χ2v) is 4.26. The summed E-state index contributed by atoms with van der Waals surface area (Å²) in [6.07, 6.45) is 3.40. The van der Waals surface area contributed by atoms with Crippen LogP contribution < -0.4 is 4.90 Å². The van der Waals surface area contributed by atoms with Crippen LogP contribution in [-0.2, 0) is 0 Å². The molecule has 0 radical (unpaired) electrons. The molecular weight excluding hydrogens is 222 g/mol. The third-order valence-corrected chi connectivity index (χ3v) is 3.14. The predicted molar refractivity (Wildman–Crippen MR) is 63.1 cm³/mol. The van der Waals surface area contributed by atoms with Crippen LogP contribution in [0.15, 0.2) is 12.3 Å². The van der Waals surface area contributed by atoms with Gasteiger partial charge in [-0.1, -0.05) is 0 Å². The Morgan fingerprint density at radius 2 is 2.47 bits per heavy atom. The Hall–Kier alpha value is -1.69. The fourth-order valence-electron chi connectivity index (χ4n) is 2.18. The van der Waals surface area contributed by atoms with Gasteiger partial charge >= 0.3 is 0 Å². The van der Waals surface area contributed by atoms with Gasteiger partial charge in [-0.25, -0.2) is 4.98 Å². The van der Waals surface area contributed by atoms with E-state index >= 15 is 0 Å². The summed E-state index contributed by atoms with van der Waals surface area (Å²) in [6, 6.07) is 1.52. The van der Waals surface area contributed by atoms with Crippen LogP contribution in [0.25, 0.3) is 0 Å². The van der Waals surface area contributed by atoms with Crippen LogP contribution in [0.2, 0.25) is 0 Å². The number of hydrogen-bond acceptors (Lipinski definition) is 5. The second-order valence-electron chi connectivity index (χ2n) is 4.26. The van der Waals surface area contributed by atoms with Crippen molar-refractivity contribution in [1.29, 1.82) is 0 Å². The van der Waals surface area contributed by atoms with Gasteiger partial charge in [0.15, 0.2) is 0 Å². The topological polar surface area (TPSA) is 79.5 Å². The lowest BCUT2D eigenvalue weighted by atomic mass is 10.2. The van der Waals surface area contributed by atoms with E-state index < -0.39 is 4.92 Å². The summed E-state index contributed by atoms with van der Waals surface area (Å²) >= 11 is 0. The molecule has 6 nitrogen and oxygen atoms in total. The quantitative estimate of drug-likeness (QED) is 0.632. The average molecular weight is 237 g/mol. The highest BCUT2D eigenvalue weighted by molar-refractivity contribution is 5.51. The molecule has 1 aromatic heterocycles. The number of aliphatic hydroxyl groups is 1. The molecule has 17 heavy (non-hydrogen) atoms. The number of rotatable bonds is 3. The number of aliphatic hydroxyl groups excluding tert-OH is 1. The second kappa shape index (κ2) is 4.67. The van der Waals surface area contributed by atoms with E-state index in [9.17, 15) is 15.2 Å². The summed E-state index contributed by atoms with van der Waals surface area (Å²) < 4.78 is 0. The van der Waals surface area contributed by atoms with Crippen LogP contribution in [0.5, 0.6) is 0 Å². The maximum atomic E-state index is 10.8. The predicted octanol–water partition coefficient (Wildman–Crippen LogP) is 1.26. The molecular formula is C11H15N3O3. The van der Waals surface area contributed by atoms with E-state index in [1.54, 1.807) is 6.92 Å². The summed E-state index contributed by atoms with van der Waals surface area (Å²) in [5.74, 6) is 0.582. The first kappa shape index (κ1) is 11.8. The van der Waals surface area contributed by atoms with E-state index in [0.29, 0.717) is 11.4 Å². The third kappa shape index (κ3) is 2.21. The smallest absolute Gasteiger partial charge is 0.277 e. The fourth-order valence-corrected chi connectivity index (χ4v) is 2.18. The Balaban J connectivity index is 2.33. The van der Waals surface area contributed by atoms with Crippen molar-refractivity contribution in [3.05, 3.63) is 27.9 Å². The normalized spacial score (nSPS) is 19.6.